The summed E-state index contributed by atoms with van der Waals surface area (Å²) in [6.45, 7) is 7.47. The number of aryl methyl sites for hydroxylation is 1. The molecule has 8 heteroatoms. The minimum atomic E-state index is -3.75. The Labute approximate surface area is 177 Å². The molecule has 0 aromatic heterocycles. The van der Waals surface area contributed by atoms with Crippen molar-refractivity contribution in [3.05, 3.63) is 65.7 Å². The molecule has 0 aliphatic carbocycles. The summed E-state index contributed by atoms with van der Waals surface area (Å²) in [6, 6.07) is 10.9. The highest BCUT2D eigenvalue weighted by Crippen LogP contribution is 2.29. The fourth-order valence-electron chi connectivity index (χ4n) is 2.90. The minimum absolute atomic E-state index is 0.275. The molecule has 0 bridgehead atoms. The first-order chi connectivity index (χ1) is 13.7. The molecule has 0 unspecified atom stereocenters. The number of ether oxygens (including phenoxy) is 1. The van der Waals surface area contributed by atoms with Crippen LogP contribution in [0.15, 0.2) is 55.1 Å². The smallest absolute Gasteiger partial charge is 0.248 e. The van der Waals surface area contributed by atoms with Gasteiger partial charge in [-0.15, -0.1) is 0 Å². The molecular formula is C21H25ClN2O4S. The number of amides is 1. The third kappa shape index (κ3) is 5.98. The predicted molar refractivity (Wildman–Crippen MR) is 118 cm³/mol. The average molecular weight is 437 g/mol. The van der Waals surface area contributed by atoms with Gasteiger partial charge in [0.1, 0.15) is 18.4 Å². The number of carbonyl (C=O) groups is 1. The predicted octanol–water partition coefficient (Wildman–Crippen LogP) is 4.40. The molecular weight excluding hydrogens is 412 g/mol. The summed E-state index contributed by atoms with van der Waals surface area (Å²) in [4.78, 5) is 13.0. The molecule has 156 valence electrons. The van der Waals surface area contributed by atoms with E-state index in [1.165, 1.54) is 0 Å². The second-order valence-electron chi connectivity index (χ2n) is 6.53. The van der Waals surface area contributed by atoms with Crippen LogP contribution in [-0.4, -0.2) is 33.2 Å². The van der Waals surface area contributed by atoms with Gasteiger partial charge in [-0.2, -0.15) is 0 Å². The molecule has 0 radical (unpaired) electrons. The number of anilines is 2. The Morgan fingerprint density at radius 1 is 1.31 bits per heavy atom. The molecule has 6 nitrogen and oxygen atoms in total. The van der Waals surface area contributed by atoms with E-state index < -0.39 is 22.0 Å². The first-order valence-electron chi connectivity index (χ1n) is 9.07. The van der Waals surface area contributed by atoms with E-state index in [2.05, 4.69) is 11.9 Å². The second-order valence-corrected chi connectivity index (χ2v) is 8.83. The molecule has 2 rings (SSSR count). The van der Waals surface area contributed by atoms with Crippen LogP contribution in [0.1, 0.15) is 18.9 Å². The largest absolute Gasteiger partial charge is 0.489 e. The molecule has 2 aromatic carbocycles. The Kier molecular flexibility index (Phi) is 7.70. The zero-order valence-corrected chi connectivity index (χ0v) is 18.3. The Balaban J connectivity index is 2.36. The Morgan fingerprint density at radius 2 is 2.03 bits per heavy atom. The average Bonchev–Trinajstić information content (AvgIpc) is 2.65. The molecule has 29 heavy (non-hydrogen) atoms. The number of hydrogen-bond donors (Lipinski definition) is 1. The van der Waals surface area contributed by atoms with Gasteiger partial charge < -0.3 is 10.1 Å². The van der Waals surface area contributed by atoms with E-state index in [0.717, 1.165) is 10.6 Å². The zero-order chi connectivity index (χ0) is 21.6. The third-order valence-corrected chi connectivity index (χ3v) is 5.61. The van der Waals surface area contributed by atoms with Crippen molar-refractivity contribution in [1.82, 2.24) is 0 Å². The van der Waals surface area contributed by atoms with Crippen LogP contribution in [-0.2, 0) is 14.8 Å². The maximum atomic E-state index is 13.0. The monoisotopic (exact) mass is 436 g/mol. The van der Waals surface area contributed by atoms with E-state index in [9.17, 15) is 13.2 Å². The van der Waals surface area contributed by atoms with Crippen LogP contribution >= 0.6 is 11.6 Å². The highest BCUT2D eigenvalue weighted by Gasteiger charge is 2.32. The van der Waals surface area contributed by atoms with Crippen molar-refractivity contribution < 1.29 is 17.9 Å². The Hall–Kier alpha value is -2.51. The molecule has 1 N–H and O–H groups in total. The summed E-state index contributed by atoms with van der Waals surface area (Å²) in [5, 5.41) is 3.17. The highest BCUT2D eigenvalue weighted by atomic mass is 35.5. The Morgan fingerprint density at radius 3 is 2.66 bits per heavy atom. The van der Waals surface area contributed by atoms with Gasteiger partial charge >= 0.3 is 0 Å². The van der Waals surface area contributed by atoms with Crippen LogP contribution in [0.25, 0.3) is 0 Å². The van der Waals surface area contributed by atoms with Gasteiger partial charge in [-0.05, 0) is 43.2 Å². The maximum absolute atomic E-state index is 13.0. The quantitative estimate of drug-likeness (QED) is 0.591. The number of sulfonamides is 1. The van der Waals surface area contributed by atoms with Crippen LogP contribution in [0.5, 0.6) is 5.75 Å². The summed E-state index contributed by atoms with van der Waals surface area (Å²) >= 11 is 6.08. The third-order valence-electron chi connectivity index (χ3n) is 4.21. The molecule has 1 atom stereocenters. The highest BCUT2D eigenvalue weighted by molar-refractivity contribution is 7.92. The normalized spacial score (nSPS) is 12.1. The van der Waals surface area contributed by atoms with Gasteiger partial charge in [0.15, 0.2) is 0 Å². The summed E-state index contributed by atoms with van der Waals surface area (Å²) in [6.07, 6.45) is 2.97. The van der Waals surface area contributed by atoms with Crippen molar-refractivity contribution in [2.24, 2.45) is 0 Å². The Bertz CT molecular complexity index is 992. The minimum Gasteiger partial charge on any atom is -0.489 e. The molecule has 0 aliphatic heterocycles. The standard InChI is InChI=1S/C21H25ClN2O4S/c1-5-12-28-18-9-7-8-17(14-18)23-21(25)19(6-2)24(29(4,26)27)20-13-16(22)11-10-15(20)3/h5,7-11,13-14,19H,1,6,12H2,2-4H3,(H,23,25)/t19-/m1/s1. The molecule has 0 saturated carbocycles. The van der Waals surface area contributed by atoms with Gasteiger partial charge in [0.2, 0.25) is 15.9 Å². The molecule has 1 amide bonds. The van der Waals surface area contributed by atoms with E-state index in [1.54, 1.807) is 62.4 Å². The van der Waals surface area contributed by atoms with Crippen LogP contribution in [0.4, 0.5) is 11.4 Å². The van der Waals surface area contributed by atoms with Crippen LogP contribution in [0, 0.1) is 6.92 Å². The molecule has 0 spiro atoms. The lowest BCUT2D eigenvalue weighted by molar-refractivity contribution is -0.117. The first-order valence-corrected chi connectivity index (χ1v) is 11.3. The summed E-state index contributed by atoms with van der Waals surface area (Å²) in [5.74, 6) is 0.125. The lowest BCUT2D eigenvalue weighted by Crippen LogP contribution is -2.47. The van der Waals surface area contributed by atoms with Gasteiger partial charge in [-0.3, -0.25) is 9.10 Å². The maximum Gasteiger partial charge on any atom is 0.248 e. The lowest BCUT2D eigenvalue weighted by atomic mass is 10.1. The number of nitrogens with zero attached hydrogens (tertiary/aromatic N) is 1. The van der Waals surface area contributed by atoms with Gasteiger partial charge in [-0.25, -0.2) is 8.42 Å². The van der Waals surface area contributed by atoms with Crippen molar-refractivity contribution in [3.8, 4) is 5.75 Å². The number of hydrogen-bond acceptors (Lipinski definition) is 4. The van der Waals surface area contributed by atoms with Crippen molar-refractivity contribution in [2.75, 3.05) is 22.5 Å². The zero-order valence-electron chi connectivity index (χ0n) is 16.7. The SMILES string of the molecule is C=CCOc1cccc(NC(=O)[C@@H](CC)N(c2cc(Cl)ccc2C)S(C)(=O)=O)c1. The van der Waals surface area contributed by atoms with E-state index in [0.29, 0.717) is 34.3 Å². The number of benzene rings is 2. The van der Waals surface area contributed by atoms with E-state index in [1.807, 2.05) is 0 Å². The van der Waals surface area contributed by atoms with E-state index in [-0.39, 0.29) is 6.42 Å². The summed E-state index contributed by atoms with van der Waals surface area (Å²) in [5.41, 5.74) is 1.59. The van der Waals surface area contributed by atoms with Crippen molar-refractivity contribution in [2.45, 2.75) is 26.3 Å². The van der Waals surface area contributed by atoms with Gasteiger partial charge in [-0.1, -0.05) is 43.3 Å². The topological polar surface area (TPSA) is 75.7 Å². The molecule has 0 saturated heterocycles. The van der Waals surface area contributed by atoms with Crippen LogP contribution < -0.4 is 14.4 Å². The summed E-state index contributed by atoms with van der Waals surface area (Å²) < 4.78 is 31.8. The van der Waals surface area contributed by atoms with Crippen LogP contribution in [0.3, 0.4) is 0 Å². The first kappa shape index (κ1) is 22.8. The van der Waals surface area contributed by atoms with Crippen molar-refractivity contribution in [1.29, 1.82) is 0 Å². The number of rotatable bonds is 9. The van der Waals surface area contributed by atoms with Gasteiger partial charge in [0.25, 0.3) is 0 Å². The lowest BCUT2D eigenvalue weighted by Gasteiger charge is -2.31. The van der Waals surface area contributed by atoms with Crippen LogP contribution in [0.2, 0.25) is 5.02 Å². The molecule has 0 heterocycles. The molecule has 2 aromatic rings. The fourth-order valence-corrected chi connectivity index (χ4v) is 4.33. The second kappa shape index (κ2) is 9.80. The number of halogens is 1. The van der Waals surface area contributed by atoms with Gasteiger partial charge in [0.05, 0.1) is 11.9 Å². The molecule has 0 aliphatic rings. The fraction of sp³-hybridized carbons (Fsp3) is 0.286. The summed E-state index contributed by atoms with van der Waals surface area (Å²) in [7, 11) is -3.75. The van der Waals surface area contributed by atoms with Gasteiger partial charge in [0, 0.05) is 16.8 Å². The molecule has 0 fully saturated rings. The number of nitrogens with one attached hydrogen (secondary N) is 1. The van der Waals surface area contributed by atoms with E-state index >= 15 is 0 Å². The van der Waals surface area contributed by atoms with Crippen molar-refractivity contribution in [3.63, 3.8) is 0 Å². The van der Waals surface area contributed by atoms with Crippen molar-refractivity contribution >= 4 is 38.9 Å². The number of carbonyl (C=O) groups excluding carboxylic acids is 1. The van der Waals surface area contributed by atoms with E-state index in [4.69, 9.17) is 16.3 Å².